The minimum Gasteiger partial charge on any atom is -0.345 e. The number of rotatable bonds is 4. The van der Waals surface area contributed by atoms with E-state index in [1.54, 1.807) is 22.5 Å². The lowest BCUT2D eigenvalue weighted by Gasteiger charge is -2.31. The van der Waals surface area contributed by atoms with Crippen molar-refractivity contribution in [1.82, 2.24) is 18.8 Å². The summed E-state index contributed by atoms with van der Waals surface area (Å²) >= 11 is 1.44. The van der Waals surface area contributed by atoms with Gasteiger partial charge in [-0.25, -0.2) is 17.8 Å². The fraction of sp³-hybridized carbons (Fsp3) is 0.350. The third kappa shape index (κ3) is 3.75. The predicted octanol–water partition coefficient (Wildman–Crippen LogP) is 3.20. The molecule has 0 unspecified atom stereocenters. The van der Waals surface area contributed by atoms with Crippen molar-refractivity contribution in [3.63, 3.8) is 0 Å². The van der Waals surface area contributed by atoms with Gasteiger partial charge in [0, 0.05) is 49.9 Å². The first kappa shape index (κ1) is 20.2. The summed E-state index contributed by atoms with van der Waals surface area (Å²) < 4.78 is 43.0. The molecule has 3 heterocycles. The molecule has 1 aliphatic rings. The summed E-state index contributed by atoms with van der Waals surface area (Å²) in [6.45, 7) is 4.26. The predicted molar refractivity (Wildman–Crippen MR) is 113 cm³/mol. The summed E-state index contributed by atoms with van der Waals surface area (Å²) in [7, 11) is 0.296. The van der Waals surface area contributed by atoms with Gasteiger partial charge in [-0.1, -0.05) is 0 Å². The van der Waals surface area contributed by atoms with E-state index in [1.165, 1.54) is 23.5 Å². The lowest BCUT2D eigenvalue weighted by atomic mass is 10.2. The molecule has 6 nitrogen and oxygen atoms in total. The summed E-state index contributed by atoms with van der Waals surface area (Å²) in [5, 5.41) is 2.63. The summed E-state index contributed by atoms with van der Waals surface area (Å²) in [5.74, 6) is -0.291. The number of halogens is 1. The number of benzene rings is 1. The fourth-order valence-corrected chi connectivity index (χ4v) is 6.02. The third-order valence-electron chi connectivity index (χ3n) is 5.43. The molecule has 4 rings (SSSR count). The Kier molecular flexibility index (Phi) is 5.32. The highest BCUT2D eigenvalue weighted by atomic mass is 32.2. The lowest BCUT2D eigenvalue weighted by molar-refractivity contribution is 0.222. The first-order valence-corrected chi connectivity index (χ1v) is 11.7. The van der Waals surface area contributed by atoms with E-state index in [4.69, 9.17) is 0 Å². The number of nitrogens with zero attached hydrogens (tertiary/aromatic N) is 4. The first-order valence-electron chi connectivity index (χ1n) is 9.34. The third-order valence-corrected chi connectivity index (χ3v) is 8.31. The van der Waals surface area contributed by atoms with E-state index in [1.807, 2.05) is 31.0 Å². The summed E-state index contributed by atoms with van der Waals surface area (Å²) in [6.07, 6.45) is 0. The van der Waals surface area contributed by atoms with Gasteiger partial charge in [0.05, 0.1) is 11.4 Å². The van der Waals surface area contributed by atoms with E-state index >= 15 is 0 Å². The quantitative estimate of drug-likeness (QED) is 0.633. The first-order chi connectivity index (χ1) is 13.8. The maximum Gasteiger partial charge on any atom is 0.244 e. The van der Waals surface area contributed by atoms with Crippen molar-refractivity contribution < 1.29 is 12.8 Å². The molecule has 9 heteroatoms. The van der Waals surface area contributed by atoms with Gasteiger partial charge in [-0.05, 0) is 44.3 Å². The molecule has 0 atom stereocenters. The van der Waals surface area contributed by atoms with Crippen LogP contribution in [0.15, 0.2) is 40.6 Å². The zero-order valence-corrected chi connectivity index (χ0v) is 18.2. The minimum atomic E-state index is -3.55. The van der Waals surface area contributed by atoms with Crippen LogP contribution in [0.2, 0.25) is 0 Å². The monoisotopic (exact) mass is 434 g/mol. The minimum absolute atomic E-state index is 0.291. The summed E-state index contributed by atoms with van der Waals surface area (Å²) in [5.41, 5.74) is 3.02. The SMILES string of the molecule is Cc1c(S(=O)(=O)N2CCN(C)CC2)cc(-c2nc(-c3ccc(F)cc3)cs2)n1C. The normalized spacial score (nSPS) is 16.4. The lowest BCUT2D eigenvalue weighted by Crippen LogP contribution is -2.47. The molecule has 1 aliphatic heterocycles. The molecule has 0 N–H and O–H groups in total. The Bertz CT molecular complexity index is 1130. The average molecular weight is 435 g/mol. The Labute approximate surface area is 174 Å². The van der Waals surface area contributed by atoms with Crippen molar-refractivity contribution in [3.05, 3.63) is 47.2 Å². The number of likely N-dealkylation sites (N-methyl/N-ethyl adjacent to an activating group) is 1. The number of hydrogen-bond acceptors (Lipinski definition) is 5. The van der Waals surface area contributed by atoms with Crippen LogP contribution in [0.3, 0.4) is 0 Å². The van der Waals surface area contributed by atoms with Crippen molar-refractivity contribution in [3.8, 4) is 22.0 Å². The summed E-state index contributed by atoms with van der Waals surface area (Å²) in [4.78, 5) is 7.12. The van der Waals surface area contributed by atoms with Crippen LogP contribution >= 0.6 is 11.3 Å². The molecule has 2 aromatic heterocycles. The van der Waals surface area contributed by atoms with Crippen LogP contribution in [0.1, 0.15) is 5.69 Å². The highest BCUT2D eigenvalue weighted by Crippen LogP contribution is 2.33. The largest absolute Gasteiger partial charge is 0.345 e. The number of aromatic nitrogens is 2. The van der Waals surface area contributed by atoms with Gasteiger partial charge in [0.2, 0.25) is 10.0 Å². The molecule has 29 heavy (non-hydrogen) atoms. The van der Waals surface area contributed by atoms with Crippen LogP contribution < -0.4 is 0 Å². The molecule has 0 saturated carbocycles. The van der Waals surface area contributed by atoms with Gasteiger partial charge in [0.25, 0.3) is 0 Å². The zero-order valence-electron chi connectivity index (χ0n) is 16.6. The molecule has 1 fully saturated rings. The molecule has 154 valence electrons. The summed E-state index contributed by atoms with van der Waals surface area (Å²) in [6, 6.07) is 7.90. The van der Waals surface area contributed by atoms with Crippen LogP contribution in [-0.2, 0) is 17.1 Å². The molecule has 0 amide bonds. The number of hydrogen-bond donors (Lipinski definition) is 0. The number of piperazine rings is 1. The standard InChI is InChI=1S/C20H23FN4O2S2/c1-14-19(29(26,27)25-10-8-23(2)9-11-25)12-18(24(14)3)20-22-17(13-28-20)15-4-6-16(21)7-5-15/h4-7,12-13H,8-11H2,1-3H3. The van der Waals surface area contributed by atoms with Crippen LogP contribution in [0.4, 0.5) is 4.39 Å². The van der Waals surface area contributed by atoms with Gasteiger partial charge in [-0.2, -0.15) is 4.31 Å². The molecule has 1 aromatic carbocycles. The van der Waals surface area contributed by atoms with Crippen molar-refractivity contribution in [2.45, 2.75) is 11.8 Å². The molecule has 1 saturated heterocycles. The van der Waals surface area contributed by atoms with E-state index in [9.17, 15) is 12.8 Å². The van der Waals surface area contributed by atoms with Crippen LogP contribution in [-0.4, -0.2) is 60.4 Å². The second kappa shape index (κ2) is 7.64. The van der Waals surface area contributed by atoms with Crippen molar-refractivity contribution in [2.24, 2.45) is 7.05 Å². The molecule has 0 bridgehead atoms. The second-order valence-electron chi connectivity index (χ2n) is 7.29. The Hall–Kier alpha value is -2.07. The maximum atomic E-state index is 13.2. The zero-order chi connectivity index (χ0) is 20.8. The van der Waals surface area contributed by atoms with Crippen molar-refractivity contribution >= 4 is 21.4 Å². The van der Waals surface area contributed by atoms with E-state index < -0.39 is 10.0 Å². The highest BCUT2D eigenvalue weighted by molar-refractivity contribution is 7.89. The van der Waals surface area contributed by atoms with E-state index in [-0.39, 0.29) is 5.82 Å². The second-order valence-corrected chi connectivity index (χ2v) is 10.1. The maximum absolute atomic E-state index is 13.2. The van der Waals surface area contributed by atoms with Gasteiger partial charge in [0.1, 0.15) is 15.7 Å². The van der Waals surface area contributed by atoms with Crippen molar-refractivity contribution in [1.29, 1.82) is 0 Å². The van der Waals surface area contributed by atoms with E-state index in [0.717, 1.165) is 35.0 Å². The van der Waals surface area contributed by atoms with Gasteiger partial charge in [0.15, 0.2) is 0 Å². The molecule has 0 radical (unpaired) electrons. The molecule has 3 aromatic rings. The van der Waals surface area contributed by atoms with Gasteiger partial charge in [-0.3, -0.25) is 0 Å². The molecule has 0 aliphatic carbocycles. The van der Waals surface area contributed by atoms with Gasteiger partial charge < -0.3 is 9.47 Å². The molecular formula is C20H23FN4O2S2. The molecular weight excluding hydrogens is 411 g/mol. The van der Waals surface area contributed by atoms with E-state index in [2.05, 4.69) is 9.88 Å². The number of thiazole rings is 1. The highest BCUT2D eigenvalue weighted by Gasteiger charge is 2.31. The number of sulfonamides is 1. The Morgan fingerprint density at radius 2 is 1.72 bits per heavy atom. The van der Waals surface area contributed by atoms with Crippen LogP contribution in [0.5, 0.6) is 0 Å². The Balaban J connectivity index is 1.68. The van der Waals surface area contributed by atoms with Crippen molar-refractivity contribution in [2.75, 3.05) is 33.2 Å². The fourth-order valence-electron chi connectivity index (χ4n) is 3.45. The van der Waals surface area contributed by atoms with Gasteiger partial charge in [-0.15, -0.1) is 11.3 Å². The smallest absolute Gasteiger partial charge is 0.244 e. The average Bonchev–Trinajstić information content (AvgIpc) is 3.29. The molecule has 0 spiro atoms. The Morgan fingerprint density at radius 3 is 2.38 bits per heavy atom. The van der Waals surface area contributed by atoms with Crippen LogP contribution in [0, 0.1) is 12.7 Å². The van der Waals surface area contributed by atoms with Crippen LogP contribution in [0.25, 0.3) is 22.0 Å². The van der Waals surface area contributed by atoms with Gasteiger partial charge >= 0.3 is 0 Å². The van der Waals surface area contributed by atoms with E-state index in [0.29, 0.717) is 23.7 Å². The topological polar surface area (TPSA) is 58.4 Å². The Morgan fingerprint density at radius 1 is 1.07 bits per heavy atom.